The Labute approximate surface area is 317 Å². The molecule has 55 heavy (non-hydrogen) atoms. The summed E-state index contributed by atoms with van der Waals surface area (Å²) in [4.78, 5) is 27.5. The normalized spacial score (nSPS) is 20.8. The molecular formula is C45H39FN6O3. The summed E-state index contributed by atoms with van der Waals surface area (Å²) >= 11 is 0. The highest BCUT2D eigenvalue weighted by Crippen LogP contribution is 2.48. The van der Waals surface area contributed by atoms with E-state index in [1.54, 1.807) is 0 Å². The first kappa shape index (κ1) is 33.4. The lowest BCUT2D eigenvalue weighted by Gasteiger charge is -2.47. The van der Waals surface area contributed by atoms with Crippen LogP contribution in [0.15, 0.2) is 126 Å². The Balaban J connectivity index is 1.21. The zero-order valence-corrected chi connectivity index (χ0v) is 30.1. The minimum absolute atomic E-state index is 0.114. The number of carboxylic acids is 1. The molecule has 9 nitrogen and oxygen atoms in total. The molecule has 0 saturated heterocycles. The van der Waals surface area contributed by atoms with Crippen molar-refractivity contribution in [1.82, 2.24) is 24.7 Å². The molecule has 0 spiro atoms. The van der Waals surface area contributed by atoms with E-state index in [1.165, 1.54) is 12.3 Å². The number of furan rings is 1. The quantitative estimate of drug-likeness (QED) is 0.134. The van der Waals surface area contributed by atoms with Gasteiger partial charge in [0.25, 0.3) is 0 Å². The number of hydrogen-bond donors (Lipinski definition) is 2. The molecule has 4 aromatic heterocycles. The SMILES string of the molecule is O=C(O)C1C2CCC(CC2)C1Nc1cc(-c2ccc(C3CC3)o2)nc(-c2nn(C(c3ccccc3)(c3ccccc3)c3ccccc3)c3ncc(F)cc23)n1. The molecule has 4 fully saturated rings. The number of nitrogens with zero attached hydrogens (tertiary/aromatic N) is 5. The Kier molecular flexibility index (Phi) is 8.08. The first-order valence-corrected chi connectivity index (χ1v) is 19.2. The van der Waals surface area contributed by atoms with Crippen LogP contribution in [0.1, 0.15) is 66.9 Å². The van der Waals surface area contributed by atoms with Gasteiger partial charge in [-0.25, -0.2) is 24.0 Å². The van der Waals surface area contributed by atoms with Crippen LogP contribution in [0.25, 0.3) is 34.0 Å². The van der Waals surface area contributed by atoms with E-state index >= 15 is 4.39 Å². The molecule has 0 radical (unpaired) electrons. The van der Waals surface area contributed by atoms with Gasteiger partial charge in [-0.15, -0.1) is 0 Å². The highest BCUT2D eigenvalue weighted by molar-refractivity contribution is 5.90. The number of rotatable bonds is 10. The molecule has 0 amide bonds. The number of hydrogen-bond acceptors (Lipinski definition) is 7. The van der Waals surface area contributed by atoms with E-state index in [0.717, 1.165) is 61.0 Å². The average Bonchev–Trinajstić information content (AvgIpc) is 3.84. The standard InChI is InChI=1S/C45H39FN6O3/c46-33-24-34-41(51-52(43(34)47-26-33)45(30-10-4-1-5-11-30,31-12-6-2-7-13-31)32-14-8-3-9-15-32)42-48-35(37-23-22-36(55-37)27-16-17-27)25-38(50-42)49-40-29-20-18-28(19-21-29)39(40)44(53)54/h1-15,22-29,39-40H,16-21H2,(H,53,54)(H,48,49,50). The topological polar surface area (TPSA) is 119 Å². The molecule has 10 heteroatoms. The molecular weight excluding hydrogens is 692 g/mol. The molecule has 3 aromatic carbocycles. The van der Waals surface area contributed by atoms with Crippen LogP contribution in [0.3, 0.4) is 0 Å². The average molecular weight is 731 g/mol. The summed E-state index contributed by atoms with van der Waals surface area (Å²) in [7, 11) is 0. The Bertz CT molecular complexity index is 2410. The van der Waals surface area contributed by atoms with Crippen molar-refractivity contribution in [3.63, 3.8) is 0 Å². The third-order valence-corrected chi connectivity index (χ3v) is 12.0. The number of fused-ring (bicyclic) bond motifs is 4. The second-order valence-electron chi connectivity index (χ2n) is 15.2. The molecule has 2 unspecified atom stereocenters. The van der Waals surface area contributed by atoms with E-state index in [1.807, 2.05) is 77.5 Å². The van der Waals surface area contributed by atoms with Crippen LogP contribution >= 0.6 is 0 Å². The first-order chi connectivity index (χ1) is 27.0. The van der Waals surface area contributed by atoms with E-state index in [0.29, 0.717) is 39.9 Å². The zero-order chi connectivity index (χ0) is 37.1. The van der Waals surface area contributed by atoms with Gasteiger partial charge in [0.2, 0.25) is 0 Å². The van der Waals surface area contributed by atoms with Gasteiger partial charge in [0, 0.05) is 18.0 Å². The molecule has 0 aliphatic heterocycles. The predicted octanol–water partition coefficient (Wildman–Crippen LogP) is 9.31. The summed E-state index contributed by atoms with van der Waals surface area (Å²) in [5, 5.41) is 19.8. The lowest BCUT2D eigenvalue weighted by molar-refractivity contribution is -0.148. The van der Waals surface area contributed by atoms with E-state index in [9.17, 15) is 9.90 Å². The fourth-order valence-electron chi connectivity index (χ4n) is 9.29. The summed E-state index contributed by atoms with van der Waals surface area (Å²) < 4.78 is 23.6. The minimum atomic E-state index is -1.04. The molecule has 2 bridgehead atoms. The van der Waals surface area contributed by atoms with Crippen molar-refractivity contribution >= 4 is 22.8 Å². The third-order valence-electron chi connectivity index (χ3n) is 12.0. The van der Waals surface area contributed by atoms with Crippen LogP contribution in [-0.2, 0) is 10.3 Å². The van der Waals surface area contributed by atoms with Gasteiger partial charge in [-0.2, -0.15) is 5.10 Å². The van der Waals surface area contributed by atoms with Crippen LogP contribution in [0.5, 0.6) is 0 Å². The van der Waals surface area contributed by atoms with Gasteiger partial charge < -0.3 is 14.8 Å². The Morgan fingerprint density at radius 1 is 0.782 bits per heavy atom. The monoisotopic (exact) mass is 730 g/mol. The number of anilines is 1. The lowest BCUT2D eigenvalue weighted by Crippen LogP contribution is -2.51. The maximum absolute atomic E-state index is 15.4. The fourth-order valence-corrected chi connectivity index (χ4v) is 9.29. The van der Waals surface area contributed by atoms with Gasteiger partial charge in [-0.3, -0.25) is 4.79 Å². The zero-order valence-electron chi connectivity index (χ0n) is 30.1. The number of nitrogens with one attached hydrogen (secondary N) is 1. The van der Waals surface area contributed by atoms with Gasteiger partial charge in [0.05, 0.1) is 17.5 Å². The molecule has 7 aromatic rings. The van der Waals surface area contributed by atoms with Crippen LogP contribution in [0.4, 0.5) is 10.2 Å². The van der Waals surface area contributed by atoms with E-state index < -0.39 is 23.2 Å². The number of pyridine rings is 1. The van der Waals surface area contributed by atoms with Crippen molar-refractivity contribution < 1.29 is 18.7 Å². The second kappa shape index (κ2) is 13.3. The predicted molar refractivity (Wildman–Crippen MR) is 207 cm³/mol. The van der Waals surface area contributed by atoms with E-state index in [-0.39, 0.29) is 23.7 Å². The highest BCUT2D eigenvalue weighted by atomic mass is 19.1. The number of aromatic nitrogens is 5. The smallest absolute Gasteiger partial charge is 0.308 e. The Hall–Kier alpha value is -6.16. The second-order valence-corrected chi connectivity index (χ2v) is 15.2. The molecule has 4 aliphatic rings. The lowest BCUT2D eigenvalue weighted by atomic mass is 9.61. The van der Waals surface area contributed by atoms with Crippen molar-refractivity contribution in [2.24, 2.45) is 17.8 Å². The number of carboxylic acid groups (broad SMARTS) is 1. The Morgan fingerprint density at radius 2 is 1.40 bits per heavy atom. The van der Waals surface area contributed by atoms with Crippen LogP contribution < -0.4 is 5.32 Å². The summed E-state index contributed by atoms with van der Waals surface area (Å²) in [6, 6.07) is 37.3. The van der Waals surface area contributed by atoms with Gasteiger partial charge in [0.1, 0.15) is 34.3 Å². The van der Waals surface area contributed by atoms with Crippen molar-refractivity contribution in [2.45, 2.75) is 56.0 Å². The molecule has 4 saturated carbocycles. The summed E-state index contributed by atoms with van der Waals surface area (Å²) in [6.07, 6.45) is 7.18. The fraction of sp³-hybridized carbons (Fsp3) is 0.267. The number of halogens is 1. The molecule has 11 rings (SSSR count). The van der Waals surface area contributed by atoms with E-state index in [2.05, 4.69) is 41.7 Å². The highest BCUT2D eigenvalue weighted by Gasteiger charge is 2.48. The first-order valence-electron chi connectivity index (χ1n) is 19.2. The van der Waals surface area contributed by atoms with Gasteiger partial charge in [-0.1, -0.05) is 91.0 Å². The maximum Gasteiger partial charge on any atom is 0.308 e. The van der Waals surface area contributed by atoms with Crippen LogP contribution in [0.2, 0.25) is 0 Å². The number of benzene rings is 3. The molecule has 4 aliphatic carbocycles. The molecule has 2 N–H and O–H groups in total. The molecule has 2 atom stereocenters. The van der Waals surface area contributed by atoms with E-state index in [4.69, 9.17) is 24.5 Å². The van der Waals surface area contributed by atoms with Gasteiger partial charge in [-0.05, 0) is 85.3 Å². The van der Waals surface area contributed by atoms with Crippen LogP contribution in [0, 0.1) is 23.6 Å². The van der Waals surface area contributed by atoms with Crippen LogP contribution in [-0.4, -0.2) is 41.9 Å². The molecule has 274 valence electrons. The number of aliphatic carboxylic acids is 1. The molecule has 4 heterocycles. The Morgan fingerprint density at radius 3 is 2.00 bits per heavy atom. The summed E-state index contributed by atoms with van der Waals surface area (Å²) in [6.45, 7) is 0. The summed E-state index contributed by atoms with van der Waals surface area (Å²) in [5.41, 5.74) is 3.07. The number of carbonyl (C=O) groups is 1. The van der Waals surface area contributed by atoms with Crippen molar-refractivity contribution in [3.8, 4) is 23.0 Å². The third kappa shape index (κ3) is 5.70. The maximum atomic E-state index is 15.4. The van der Waals surface area contributed by atoms with Crippen molar-refractivity contribution in [2.75, 3.05) is 5.32 Å². The van der Waals surface area contributed by atoms with Crippen molar-refractivity contribution in [3.05, 3.63) is 150 Å². The largest absolute Gasteiger partial charge is 0.481 e. The summed E-state index contributed by atoms with van der Waals surface area (Å²) in [5.74, 6) is 1.11. The van der Waals surface area contributed by atoms with Gasteiger partial charge in [0.15, 0.2) is 17.2 Å². The van der Waals surface area contributed by atoms with Gasteiger partial charge >= 0.3 is 5.97 Å². The minimum Gasteiger partial charge on any atom is -0.481 e. The van der Waals surface area contributed by atoms with Crippen molar-refractivity contribution in [1.29, 1.82) is 0 Å².